The van der Waals surface area contributed by atoms with E-state index in [-0.39, 0.29) is 25.6 Å². The van der Waals surface area contributed by atoms with Crippen molar-refractivity contribution < 1.29 is 29.0 Å². The maximum Gasteiger partial charge on any atom is 0.408 e. The highest BCUT2D eigenvalue weighted by atomic mass is 16.6. The average molecular weight is 654 g/mol. The summed E-state index contributed by atoms with van der Waals surface area (Å²) in [6.07, 6.45) is 3.23. The van der Waals surface area contributed by atoms with E-state index in [4.69, 9.17) is 9.47 Å². The van der Waals surface area contributed by atoms with Crippen LogP contribution in [0.25, 0.3) is 0 Å². The Bertz CT molecular complexity index is 1540. The minimum absolute atomic E-state index is 0.0425. The number of amides is 3. The molecule has 2 aromatic heterocycles. The number of aliphatic hydroxyl groups excluding tert-OH is 1. The Morgan fingerprint density at radius 2 is 1.33 bits per heavy atom. The third kappa shape index (κ3) is 12.1. The molecule has 2 heterocycles. The average Bonchev–Trinajstić information content (AvgIpc) is 3.10. The first-order valence-corrected chi connectivity index (χ1v) is 16.0. The van der Waals surface area contributed by atoms with Gasteiger partial charge in [-0.25, -0.2) is 9.59 Å². The number of aliphatic hydroxyl groups is 1. The lowest BCUT2D eigenvalue weighted by atomic mass is 9.93. The summed E-state index contributed by atoms with van der Waals surface area (Å²) in [7, 11) is 0. The summed E-state index contributed by atoms with van der Waals surface area (Å²) >= 11 is 0. The number of hydrogen-bond donors (Lipinski definition) is 4. The van der Waals surface area contributed by atoms with E-state index in [1.807, 2.05) is 80.6 Å². The maximum absolute atomic E-state index is 13.7. The van der Waals surface area contributed by atoms with Gasteiger partial charge in [-0.1, -0.05) is 86.6 Å². The smallest absolute Gasteiger partial charge is 0.408 e. The van der Waals surface area contributed by atoms with E-state index in [1.165, 1.54) is 0 Å². The quantitative estimate of drug-likeness (QED) is 0.135. The van der Waals surface area contributed by atoms with Gasteiger partial charge in [0.1, 0.15) is 19.3 Å². The molecule has 0 saturated heterocycles. The highest BCUT2D eigenvalue weighted by molar-refractivity contribution is 5.86. The Hall–Kier alpha value is -5.29. The van der Waals surface area contributed by atoms with Gasteiger partial charge in [-0.15, -0.1) is 0 Å². The number of alkyl carbamates (subject to hydrolysis) is 2. The maximum atomic E-state index is 13.7. The molecule has 4 atom stereocenters. The zero-order valence-electron chi connectivity index (χ0n) is 27.2. The number of benzene rings is 2. The molecule has 0 aliphatic rings. The van der Waals surface area contributed by atoms with E-state index >= 15 is 0 Å². The topological polar surface area (TPSA) is 152 Å². The van der Waals surface area contributed by atoms with E-state index in [9.17, 15) is 19.5 Å². The zero-order valence-corrected chi connectivity index (χ0v) is 27.2. The van der Waals surface area contributed by atoms with Crippen LogP contribution in [-0.4, -0.2) is 57.4 Å². The Morgan fingerprint density at radius 1 is 0.708 bits per heavy atom. The lowest BCUT2D eigenvalue weighted by molar-refractivity contribution is -0.125. The van der Waals surface area contributed by atoms with E-state index in [0.717, 1.165) is 16.7 Å². The SMILES string of the molecule is CC(C)[C@H](NC(=O)OCc1ccccn1)C(=O)N[C@@H](Cc1ccccc1)[C@@H](O)C[C@@H](Cc1ccccc1)NC(=O)OCc1cccnc1. The highest BCUT2D eigenvalue weighted by Gasteiger charge is 2.31. The molecule has 2 aromatic carbocycles. The molecule has 0 fully saturated rings. The summed E-state index contributed by atoms with van der Waals surface area (Å²) in [5.74, 6) is -0.757. The minimum atomic E-state index is -1.08. The largest absolute Gasteiger partial charge is 0.445 e. The number of nitrogens with zero attached hydrogens (tertiary/aromatic N) is 2. The molecule has 4 rings (SSSR count). The van der Waals surface area contributed by atoms with E-state index in [2.05, 4.69) is 25.9 Å². The Balaban J connectivity index is 1.46. The predicted molar refractivity (Wildman–Crippen MR) is 180 cm³/mol. The molecule has 252 valence electrons. The van der Waals surface area contributed by atoms with Crippen molar-refractivity contribution in [3.63, 3.8) is 0 Å². The molecule has 0 unspecified atom stereocenters. The van der Waals surface area contributed by atoms with E-state index in [0.29, 0.717) is 18.5 Å². The van der Waals surface area contributed by atoms with Crippen molar-refractivity contribution in [3.05, 3.63) is 132 Å². The van der Waals surface area contributed by atoms with Gasteiger partial charge in [0.25, 0.3) is 0 Å². The summed E-state index contributed by atoms with van der Waals surface area (Å²) in [6, 6.07) is 25.7. The highest BCUT2D eigenvalue weighted by Crippen LogP contribution is 2.16. The lowest BCUT2D eigenvalue weighted by Gasteiger charge is -2.30. The van der Waals surface area contributed by atoms with Crippen LogP contribution in [0.4, 0.5) is 9.59 Å². The fourth-order valence-electron chi connectivity index (χ4n) is 5.14. The van der Waals surface area contributed by atoms with Gasteiger partial charge in [0, 0.05) is 30.2 Å². The number of ether oxygens (including phenoxy) is 2. The van der Waals surface area contributed by atoms with Gasteiger partial charge in [-0.3, -0.25) is 14.8 Å². The fraction of sp³-hybridized carbons (Fsp3) is 0.324. The first-order chi connectivity index (χ1) is 23.3. The Morgan fingerprint density at radius 3 is 1.96 bits per heavy atom. The van der Waals surface area contributed by atoms with Crippen molar-refractivity contribution in [2.75, 3.05) is 0 Å². The predicted octanol–water partition coefficient (Wildman–Crippen LogP) is 4.74. The van der Waals surface area contributed by atoms with Crippen molar-refractivity contribution in [2.45, 2.75) is 70.6 Å². The molecule has 0 aliphatic carbocycles. The number of carbonyl (C=O) groups is 3. The van der Waals surface area contributed by atoms with Gasteiger partial charge in [0.05, 0.1) is 17.8 Å². The first-order valence-electron chi connectivity index (χ1n) is 16.0. The minimum Gasteiger partial charge on any atom is -0.445 e. The Kier molecular flexibility index (Phi) is 13.9. The molecule has 11 heteroatoms. The van der Waals surface area contributed by atoms with Gasteiger partial charge in [0.2, 0.25) is 5.91 Å². The van der Waals surface area contributed by atoms with Crippen molar-refractivity contribution in [1.82, 2.24) is 25.9 Å². The van der Waals surface area contributed by atoms with Crippen LogP contribution >= 0.6 is 0 Å². The second kappa shape index (κ2) is 18.8. The van der Waals surface area contributed by atoms with Crippen LogP contribution in [0.3, 0.4) is 0 Å². The van der Waals surface area contributed by atoms with Gasteiger partial charge < -0.3 is 30.5 Å². The normalized spacial score (nSPS) is 13.4. The van der Waals surface area contributed by atoms with Crippen LogP contribution in [0.1, 0.15) is 42.7 Å². The van der Waals surface area contributed by atoms with Gasteiger partial charge in [0.15, 0.2) is 0 Å². The van der Waals surface area contributed by atoms with Crippen molar-refractivity contribution in [2.24, 2.45) is 5.92 Å². The van der Waals surface area contributed by atoms with Crippen LogP contribution in [-0.2, 0) is 40.3 Å². The summed E-state index contributed by atoms with van der Waals surface area (Å²) in [5, 5.41) is 20.2. The molecule has 0 aliphatic heterocycles. The van der Waals surface area contributed by atoms with Crippen LogP contribution in [0, 0.1) is 5.92 Å². The van der Waals surface area contributed by atoms with Crippen LogP contribution in [0.5, 0.6) is 0 Å². The Labute approximate surface area is 281 Å². The molecule has 3 amide bonds. The summed E-state index contributed by atoms with van der Waals surface area (Å²) < 4.78 is 10.7. The monoisotopic (exact) mass is 653 g/mol. The fourth-order valence-corrected chi connectivity index (χ4v) is 5.14. The molecule has 4 aromatic rings. The third-order valence-electron chi connectivity index (χ3n) is 7.66. The summed E-state index contributed by atoms with van der Waals surface area (Å²) in [4.78, 5) is 47.4. The van der Waals surface area contributed by atoms with Crippen LogP contribution in [0.15, 0.2) is 110 Å². The van der Waals surface area contributed by atoms with Crippen molar-refractivity contribution in [1.29, 1.82) is 0 Å². The number of hydrogen-bond acceptors (Lipinski definition) is 8. The zero-order chi connectivity index (χ0) is 34.1. The number of nitrogens with one attached hydrogen (secondary N) is 3. The lowest BCUT2D eigenvalue weighted by Crippen LogP contribution is -2.56. The second-order valence-corrected chi connectivity index (χ2v) is 11.8. The summed E-state index contributed by atoms with van der Waals surface area (Å²) in [5.41, 5.74) is 3.17. The van der Waals surface area contributed by atoms with Crippen molar-refractivity contribution >= 4 is 18.1 Å². The molecule has 0 bridgehead atoms. The molecule has 0 radical (unpaired) electrons. The second-order valence-electron chi connectivity index (χ2n) is 11.8. The van der Waals surface area contributed by atoms with E-state index in [1.54, 1.807) is 42.9 Å². The first kappa shape index (κ1) is 35.6. The standard InChI is InChI=1S/C37H43N5O6/c1-26(2)34(42-37(46)48-25-30-17-9-10-19-39-30)35(44)41-32(21-28-14-7-4-8-15-28)33(43)22-31(20-27-12-5-3-6-13-27)40-36(45)47-24-29-16-11-18-38-23-29/h3-19,23,26,31-34,43H,20-22,24-25H2,1-2H3,(H,40,45)(H,41,44)(H,42,46)/t31-,32+,33+,34+/m1/s1. The molecule has 4 N–H and O–H groups in total. The molecule has 0 spiro atoms. The van der Waals surface area contributed by atoms with Crippen LogP contribution in [0.2, 0.25) is 0 Å². The van der Waals surface area contributed by atoms with Crippen LogP contribution < -0.4 is 16.0 Å². The van der Waals surface area contributed by atoms with E-state index < -0.39 is 42.3 Å². The molecule has 11 nitrogen and oxygen atoms in total. The number of rotatable bonds is 16. The van der Waals surface area contributed by atoms with Gasteiger partial charge in [-0.05, 0) is 54.5 Å². The van der Waals surface area contributed by atoms with Gasteiger partial charge >= 0.3 is 12.2 Å². The number of carbonyl (C=O) groups excluding carboxylic acids is 3. The number of pyridine rings is 2. The molecule has 0 saturated carbocycles. The summed E-state index contributed by atoms with van der Waals surface area (Å²) in [6.45, 7) is 3.61. The van der Waals surface area contributed by atoms with Gasteiger partial charge in [-0.2, -0.15) is 0 Å². The number of aromatic nitrogens is 2. The molecular weight excluding hydrogens is 610 g/mol. The third-order valence-corrected chi connectivity index (χ3v) is 7.66. The van der Waals surface area contributed by atoms with Crippen molar-refractivity contribution in [3.8, 4) is 0 Å². The molecular formula is C37H43N5O6. The molecule has 48 heavy (non-hydrogen) atoms.